The molecule has 0 aliphatic carbocycles. The number of nitrogens with one attached hydrogen (secondary N) is 1. The van der Waals surface area contributed by atoms with E-state index < -0.39 is 0 Å². The van der Waals surface area contributed by atoms with Crippen molar-refractivity contribution in [3.05, 3.63) is 64.5 Å². The molecule has 0 radical (unpaired) electrons. The molecule has 26 heavy (non-hydrogen) atoms. The van der Waals surface area contributed by atoms with Crippen LogP contribution in [0.25, 0.3) is 11.6 Å². The standard InChI is InChI=1S/C21H19N3OS/c1-3-14-8-10-15(11-9-14)23-21-24-20(25)19(26-21)12-17-13(2)22-18-7-5-4-6-16(17)18/h4-12,25H,3H2,1-2H3,(H,23,24). The smallest absolute Gasteiger partial charge is 0.231 e. The van der Waals surface area contributed by atoms with Crippen LogP contribution < -0.4 is 5.32 Å². The Bertz CT molecular complexity index is 1020. The second kappa shape index (κ2) is 6.77. The molecule has 0 atom stereocenters. The molecule has 2 N–H and O–H groups in total. The highest BCUT2D eigenvalue weighted by Crippen LogP contribution is 2.39. The van der Waals surface area contributed by atoms with Crippen molar-refractivity contribution in [2.24, 2.45) is 4.99 Å². The summed E-state index contributed by atoms with van der Waals surface area (Å²) < 4.78 is 0. The van der Waals surface area contributed by atoms with Crippen LogP contribution in [0.4, 0.5) is 16.5 Å². The minimum Gasteiger partial charge on any atom is -0.492 e. The van der Waals surface area contributed by atoms with Gasteiger partial charge in [0.1, 0.15) is 0 Å². The number of allylic oxidation sites excluding steroid dienone is 1. The molecule has 5 heteroatoms. The Morgan fingerprint density at radius 3 is 2.65 bits per heavy atom. The molecule has 2 aromatic carbocycles. The number of para-hydroxylation sites is 1. The van der Waals surface area contributed by atoms with Gasteiger partial charge >= 0.3 is 0 Å². The molecule has 1 aromatic heterocycles. The van der Waals surface area contributed by atoms with Gasteiger partial charge in [-0.15, -0.1) is 0 Å². The van der Waals surface area contributed by atoms with E-state index in [1.165, 1.54) is 16.9 Å². The highest BCUT2D eigenvalue weighted by Gasteiger charge is 2.18. The first-order valence-corrected chi connectivity index (χ1v) is 9.38. The van der Waals surface area contributed by atoms with E-state index in [0.29, 0.717) is 5.13 Å². The minimum absolute atomic E-state index is 0.0346. The fourth-order valence-electron chi connectivity index (χ4n) is 2.97. The number of aryl methyl sites for hydroxylation is 1. The van der Waals surface area contributed by atoms with Crippen LogP contribution in [-0.4, -0.2) is 15.8 Å². The number of hydrogen-bond acceptors (Lipinski definition) is 5. The van der Waals surface area contributed by atoms with Crippen molar-refractivity contribution in [2.75, 3.05) is 5.32 Å². The van der Waals surface area contributed by atoms with Gasteiger partial charge in [-0.2, -0.15) is 4.98 Å². The maximum atomic E-state index is 10.3. The van der Waals surface area contributed by atoms with Crippen LogP contribution in [-0.2, 0) is 6.42 Å². The third-order valence-corrected chi connectivity index (χ3v) is 5.30. The van der Waals surface area contributed by atoms with Crippen LogP contribution in [0.1, 0.15) is 29.9 Å². The summed E-state index contributed by atoms with van der Waals surface area (Å²) in [6, 6.07) is 16.3. The Morgan fingerprint density at radius 2 is 1.88 bits per heavy atom. The van der Waals surface area contributed by atoms with Gasteiger partial charge in [0.25, 0.3) is 0 Å². The van der Waals surface area contributed by atoms with E-state index in [1.54, 1.807) is 0 Å². The van der Waals surface area contributed by atoms with Crippen molar-refractivity contribution in [2.45, 2.75) is 20.3 Å². The highest BCUT2D eigenvalue weighted by atomic mass is 32.1. The molecular formula is C21H19N3OS. The summed E-state index contributed by atoms with van der Waals surface area (Å²) >= 11 is 1.42. The summed E-state index contributed by atoms with van der Waals surface area (Å²) in [5, 5.41) is 14.2. The normalized spacial score (nSPS) is 14.4. The molecule has 0 saturated heterocycles. The van der Waals surface area contributed by atoms with Crippen molar-refractivity contribution in [3.8, 4) is 5.88 Å². The van der Waals surface area contributed by atoms with Crippen molar-refractivity contribution >= 4 is 45.2 Å². The second-order valence-corrected chi connectivity index (χ2v) is 7.19. The lowest BCUT2D eigenvalue weighted by atomic mass is 10.0. The SMILES string of the molecule is CCc1ccc(Nc2nc(O)c(C=C3C(C)=Nc4ccccc43)s2)cc1. The zero-order valence-electron chi connectivity index (χ0n) is 14.7. The molecule has 0 fully saturated rings. The number of aromatic hydroxyl groups is 1. The number of nitrogens with zero attached hydrogens (tertiary/aromatic N) is 2. The summed E-state index contributed by atoms with van der Waals surface area (Å²) in [4.78, 5) is 9.56. The van der Waals surface area contributed by atoms with Crippen molar-refractivity contribution in [1.82, 2.24) is 4.98 Å². The number of thiazole rings is 1. The lowest BCUT2D eigenvalue weighted by Gasteiger charge is -2.03. The predicted molar refractivity (Wildman–Crippen MR) is 110 cm³/mol. The quantitative estimate of drug-likeness (QED) is 0.617. The number of benzene rings is 2. The number of rotatable bonds is 4. The van der Waals surface area contributed by atoms with Gasteiger partial charge in [-0.3, -0.25) is 4.99 Å². The maximum Gasteiger partial charge on any atom is 0.231 e. The van der Waals surface area contributed by atoms with Crippen molar-refractivity contribution < 1.29 is 5.11 Å². The molecule has 0 bridgehead atoms. The topological polar surface area (TPSA) is 57.5 Å². The van der Waals surface area contributed by atoms with Crippen LogP contribution in [0.15, 0.2) is 53.5 Å². The van der Waals surface area contributed by atoms with Gasteiger partial charge in [-0.1, -0.05) is 48.6 Å². The first-order chi connectivity index (χ1) is 12.6. The minimum atomic E-state index is 0.0346. The van der Waals surface area contributed by atoms with Gasteiger partial charge in [0.05, 0.1) is 10.6 Å². The van der Waals surface area contributed by atoms with Crippen LogP contribution in [0, 0.1) is 0 Å². The zero-order valence-corrected chi connectivity index (χ0v) is 15.5. The molecule has 130 valence electrons. The largest absolute Gasteiger partial charge is 0.492 e. The van der Waals surface area contributed by atoms with Gasteiger partial charge in [0.2, 0.25) is 5.88 Å². The molecule has 1 aliphatic rings. The Hall–Kier alpha value is -2.92. The van der Waals surface area contributed by atoms with E-state index in [1.807, 2.05) is 49.4 Å². The Balaban J connectivity index is 1.62. The Morgan fingerprint density at radius 1 is 1.12 bits per heavy atom. The second-order valence-electron chi connectivity index (χ2n) is 6.15. The molecule has 2 heterocycles. The Kier molecular flexibility index (Phi) is 4.31. The van der Waals surface area contributed by atoms with Gasteiger partial charge in [-0.05, 0) is 43.2 Å². The number of hydrogen-bond donors (Lipinski definition) is 2. The first-order valence-electron chi connectivity index (χ1n) is 8.56. The molecule has 0 saturated carbocycles. The summed E-state index contributed by atoms with van der Waals surface area (Å²) in [6.45, 7) is 4.12. The van der Waals surface area contributed by atoms with Crippen molar-refractivity contribution in [1.29, 1.82) is 0 Å². The number of aliphatic imine (C=N–C) groups is 1. The van der Waals surface area contributed by atoms with E-state index in [2.05, 4.69) is 34.3 Å². The van der Waals surface area contributed by atoms with Gasteiger partial charge in [0.15, 0.2) is 5.13 Å². The van der Waals surface area contributed by atoms with E-state index in [-0.39, 0.29) is 5.88 Å². The van der Waals surface area contributed by atoms with E-state index in [9.17, 15) is 5.11 Å². The molecule has 0 amide bonds. The summed E-state index contributed by atoms with van der Waals surface area (Å²) in [5.41, 5.74) is 6.27. The summed E-state index contributed by atoms with van der Waals surface area (Å²) in [6.07, 6.45) is 2.97. The molecule has 1 aliphatic heterocycles. The van der Waals surface area contributed by atoms with Crippen molar-refractivity contribution in [3.63, 3.8) is 0 Å². The van der Waals surface area contributed by atoms with Crippen LogP contribution in [0.5, 0.6) is 5.88 Å². The number of anilines is 2. The van der Waals surface area contributed by atoms with Gasteiger partial charge < -0.3 is 10.4 Å². The number of fused-ring (bicyclic) bond motifs is 1. The lowest BCUT2D eigenvalue weighted by molar-refractivity contribution is 0.457. The third-order valence-electron chi connectivity index (χ3n) is 4.40. The van der Waals surface area contributed by atoms with E-state index >= 15 is 0 Å². The predicted octanol–water partition coefficient (Wildman–Crippen LogP) is 5.80. The van der Waals surface area contributed by atoms with E-state index in [4.69, 9.17) is 0 Å². The fraction of sp³-hybridized carbons (Fsp3) is 0.143. The summed E-state index contributed by atoms with van der Waals surface area (Å²) in [5.74, 6) is 0.0346. The van der Waals surface area contributed by atoms with Gasteiger partial charge in [0, 0.05) is 22.5 Å². The highest BCUT2D eigenvalue weighted by molar-refractivity contribution is 7.16. The average Bonchev–Trinajstić information content (AvgIpc) is 3.15. The monoisotopic (exact) mass is 361 g/mol. The molecule has 0 spiro atoms. The van der Waals surface area contributed by atoms with Gasteiger partial charge in [-0.25, -0.2) is 0 Å². The average molecular weight is 361 g/mol. The fourth-order valence-corrected chi connectivity index (χ4v) is 3.79. The van der Waals surface area contributed by atoms with Crippen LogP contribution >= 0.6 is 11.3 Å². The molecular weight excluding hydrogens is 342 g/mol. The maximum absolute atomic E-state index is 10.3. The third kappa shape index (κ3) is 3.13. The zero-order chi connectivity index (χ0) is 18.1. The number of aromatic nitrogens is 1. The van der Waals surface area contributed by atoms with Crippen LogP contribution in [0.2, 0.25) is 0 Å². The lowest BCUT2D eigenvalue weighted by Crippen LogP contribution is -1.89. The van der Waals surface area contributed by atoms with Crippen LogP contribution in [0.3, 0.4) is 0 Å². The first kappa shape index (κ1) is 16.5. The Labute approximate surface area is 156 Å². The molecule has 4 nitrogen and oxygen atoms in total. The molecule has 0 unspecified atom stereocenters. The summed E-state index contributed by atoms with van der Waals surface area (Å²) in [7, 11) is 0. The molecule has 3 aromatic rings. The molecule has 4 rings (SSSR count). The van der Waals surface area contributed by atoms with E-state index in [0.717, 1.165) is 39.5 Å².